The average Bonchev–Trinajstić information content (AvgIpc) is 2.87. The van der Waals surface area contributed by atoms with Crippen LogP contribution in [0.25, 0.3) is 0 Å². The number of carbonyl (C=O) groups is 1. The third kappa shape index (κ3) is 4.87. The Labute approximate surface area is 222 Å². The first-order chi connectivity index (χ1) is 17.2. The van der Waals surface area contributed by atoms with Crippen molar-refractivity contribution in [2.24, 2.45) is 5.41 Å². The van der Waals surface area contributed by atoms with E-state index in [1.165, 1.54) is 24.0 Å². The van der Waals surface area contributed by atoms with Gasteiger partial charge in [-0.3, -0.25) is 0 Å². The Bertz CT molecular complexity index is 1270. The van der Waals surface area contributed by atoms with E-state index >= 15 is 0 Å². The van der Waals surface area contributed by atoms with Crippen molar-refractivity contribution in [1.82, 2.24) is 0 Å². The van der Waals surface area contributed by atoms with Crippen LogP contribution in [0.5, 0.6) is 0 Å². The molecule has 1 fully saturated rings. The van der Waals surface area contributed by atoms with Gasteiger partial charge in [0.15, 0.2) is 0 Å². The molecule has 188 valence electrons. The van der Waals surface area contributed by atoms with Gasteiger partial charge in [-0.25, -0.2) is 4.79 Å². The SMILES string of the molecule is COC(=O)c1cc(Cl)cc2c1NC(c1cccc(N3CCN(c4ccc(Cl)cc4)CC3)c1)C(C)(C)C2. The summed E-state index contributed by atoms with van der Waals surface area (Å²) in [5, 5.41) is 4.99. The van der Waals surface area contributed by atoms with Crippen molar-refractivity contribution >= 4 is 46.2 Å². The summed E-state index contributed by atoms with van der Waals surface area (Å²) in [6, 6.07) is 20.5. The number of fused-ring (bicyclic) bond motifs is 1. The zero-order valence-corrected chi connectivity index (χ0v) is 22.4. The van der Waals surface area contributed by atoms with E-state index < -0.39 is 0 Å². The van der Waals surface area contributed by atoms with Crippen LogP contribution < -0.4 is 15.1 Å². The van der Waals surface area contributed by atoms with E-state index in [4.69, 9.17) is 27.9 Å². The highest BCUT2D eigenvalue weighted by atomic mass is 35.5. The highest BCUT2D eigenvalue weighted by Crippen LogP contribution is 2.47. The zero-order chi connectivity index (χ0) is 25.4. The molecule has 1 atom stereocenters. The fourth-order valence-corrected chi connectivity index (χ4v) is 5.85. The minimum Gasteiger partial charge on any atom is -0.465 e. The highest BCUT2D eigenvalue weighted by molar-refractivity contribution is 6.31. The van der Waals surface area contributed by atoms with E-state index in [2.05, 4.69) is 65.4 Å². The molecule has 3 aromatic rings. The molecule has 2 aliphatic heterocycles. The topological polar surface area (TPSA) is 44.8 Å². The summed E-state index contributed by atoms with van der Waals surface area (Å²) in [5.74, 6) is -0.382. The van der Waals surface area contributed by atoms with Crippen molar-refractivity contribution < 1.29 is 9.53 Å². The third-order valence-electron chi connectivity index (χ3n) is 7.35. The largest absolute Gasteiger partial charge is 0.465 e. The summed E-state index contributed by atoms with van der Waals surface area (Å²) in [6.45, 7) is 8.31. The van der Waals surface area contributed by atoms with Gasteiger partial charge in [0.25, 0.3) is 0 Å². The lowest BCUT2D eigenvalue weighted by atomic mass is 9.72. The second-order valence-corrected chi connectivity index (χ2v) is 11.1. The molecule has 7 heteroatoms. The Morgan fingerprint density at radius 1 is 0.917 bits per heavy atom. The lowest BCUT2D eigenvalue weighted by molar-refractivity contribution is 0.0601. The average molecular weight is 524 g/mol. The van der Waals surface area contributed by atoms with Gasteiger partial charge in [0.05, 0.1) is 24.4 Å². The van der Waals surface area contributed by atoms with Gasteiger partial charge in [0.1, 0.15) is 0 Å². The quantitative estimate of drug-likeness (QED) is 0.379. The molecule has 0 amide bonds. The summed E-state index contributed by atoms with van der Waals surface area (Å²) in [7, 11) is 1.40. The minimum atomic E-state index is -0.382. The smallest absolute Gasteiger partial charge is 0.340 e. The normalized spacial score (nSPS) is 18.9. The minimum absolute atomic E-state index is 0.0323. The Balaban J connectivity index is 1.38. The number of benzene rings is 3. The molecule has 0 aromatic heterocycles. The molecule has 1 saturated heterocycles. The van der Waals surface area contributed by atoms with Crippen LogP contribution in [0.1, 0.15) is 41.4 Å². The third-order valence-corrected chi connectivity index (χ3v) is 7.82. The van der Waals surface area contributed by atoms with E-state index in [-0.39, 0.29) is 17.4 Å². The number of nitrogens with zero attached hydrogens (tertiary/aromatic N) is 2. The zero-order valence-electron chi connectivity index (χ0n) is 20.9. The number of hydrogen-bond donors (Lipinski definition) is 1. The van der Waals surface area contributed by atoms with Gasteiger partial charge in [0, 0.05) is 47.6 Å². The molecule has 1 unspecified atom stereocenters. The number of ether oxygens (including phenoxy) is 1. The number of nitrogens with one attached hydrogen (secondary N) is 1. The number of methoxy groups -OCH3 is 1. The summed E-state index contributed by atoms with van der Waals surface area (Å²) >= 11 is 12.4. The van der Waals surface area contributed by atoms with Crippen LogP contribution in [0.2, 0.25) is 10.0 Å². The monoisotopic (exact) mass is 523 g/mol. The molecule has 0 saturated carbocycles. The predicted octanol–water partition coefficient (Wildman–Crippen LogP) is 6.84. The summed E-state index contributed by atoms with van der Waals surface area (Å²) < 4.78 is 5.04. The summed E-state index contributed by atoms with van der Waals surface area (Å²) in [6.07, 6.45) is 0.800. The number of hydrogen-bond acceptors (Lipinski definition) is 5. The first-order valence-corrected chi connectivity index (χ1v) is 13.0. The number of anilines is 3. The molecule has 36 heavy (non-hydrogen) atoms. The maximum absolute atomic E-state index is 12.5. The molecule has 0 radical (unpaired) electrons. The van der Waals surface area contributed by atoms with Crippen molar-refractivity contribution in [3.8, 4) is 0 Å². The van der Waals surface area contributed by atoms with Crippen molar-refractivity contribution in [2.45, 2.75) is 26.3 Å². The molecule has 3 aromatic carbocycles. The van der Waals surface area contributed by atoms with Crippen LogP contribution >= 0.6 is 23.2 Å². The molecule has 0 bridgehead atoms. The van der Waals surface area contributed by atoms with Gasteiger partial charge in [-0.2, -0.15) is 0 Å². The number of halogens is 2. The van der Waals surface area contributed by atoms with Crippen LogP contribution in [0.3, 0.4) is 0 Å². The fraction of sp³-hybridized carbons (Fsp3) is 0.345. The van der Waals surface area contributed by atoms with Crippen LogP contribution in [-0.4, -0.2) is 39.3 Å². The number of piperazine rings is 1. The number of esters is 1. The molecular formula is C29H31Cl2N3O2. The Kier molecular flexibility index (Phi) is 6.80. The van der Waals surface area contributed by atoms with Crippen molar-refractivity contribution in [3.63, 3.8) is 0 Å². The van der Waals surface area contributed by atoms with Crippen LogP contribution in [0, 0.1) is 5.41 Å². The van der Waals surface area contributed by atoms with Gasteiger partial charge >= 0.3 is 5.97 Å². The maximum atomic E-state index is 12.5. The van der Waals surface area contributed by atoms with Crippen LogP contribution in [0.15, 0.2) is 60.7 Å². The van der Waals surface area contributed by atoms with Crippen molar-refractivity contribution in [3.05, 3.63) is 87.4 Å². The molecule has 1 N–H and O–H groups in total. The fourth-order valence-electron chi connectivity index (χ4n) is 5.49. The van der Waals surface area contributed by atoms with Gasteiger partial charge in [-0.1, -0.05) is 49.2 Å². The lowest BCUT2D eigenvalue weighted by Gasteiger charge is -2.42. The predicted molar refractivity (Wildman–Crippen MR) is 149 cm³/mol. The van der Waals surface area contributed by atoms with Crippen molar-refractivity contribution in [2.75, 3.05) is 48.4 Å². The molecule has 5 rings (SSSR count). The van der Waals surface area contributed by atoms with Gasteiger partial charge in [-0.15, -0.1) is 0 Å². The first-order valence-electron chi connectivity index (χ1n) is 12.3. The van der Waals surface area contributed by atoms with Crippen LogP contribution in [0.4, 0.5) is 17.1 Å². The molecule has 5 nitrogen and oxygen atoms in total. The molecule has 2 heterocycles. The van der Waals surface area contributed by atoms with E-state index in [1.807, 2.05) is 18.2 Å². The Morgan fingerprint density at radius 3 is 2.25 bits per heavy atom. The molecular weight excluding hydrogens is 493 g/mol. The second kappa shape index (κ2) is 9.87. The van der Waals surface area contributed by atoms with E-state index in [1.54, 1.807) is 6.07 Å². The van der Waals surface area contributed by atoms with Crippen LogP contribution in [-0.2, 0) is 11.2 Å². The van der Waals surface area contributed by atoms with Gasteiger partial charge in [-0.05, 0) is 71.5 Å². The number of rotatable bonds is 4. The maximum Gasteiger partial charge on any atom is 0.340 e. The van der Waals surface area contributed by atoms with E-state index in [0.29, 0.717) is 10.6 Å². The lowest BCUT2D eigenvalue weighted by Crippen LogP contribution is -2.46. The second-order valence-electron chi connectivity index (χ2n) is 10.3. The highest BCUT2D eigenvalue weighted by Gasteiger charge is 2.38. The molecule has 0 aliphatic carbocycles. The molecule has 0 spiro atoms. The molecule has 2 aliphatic rings. The summed E-state index contributed by atoms with van der Waals surface area (Å²) in [5.41, 5.74) is 5.88. The number of carbonyl (C=O) groups excluding carboxylic acids is 1. The Hall–Kier alpha value is -2.89. The first kappa shape index (κ1) is 24.8. The Morgan fingerprint density at radius 2 is 1.58 bits per heavy atom. The van der Waals surface area contributed by atoms with E-state index in [0.717, 1.165) is 48.9 Å². The van der Waals surface area contributed by atoms with E-state index in [9.17, 15) is 4.79 Å². The summed E-state index contributed by atoms with van der Waals surface area (Å²) in [4.78, 5) is 17.4. The van der Waals surface area contributed by atoms with Crippen molar-refractivity contribution in [1.29, 1.82) is 0 Å². The standard InChI is InChI=1S/C29H31Cl2N3O2/c1-29(2)18-20-15-22(31)17-25(28(35)36-3)26(20)32-27(29)19-5-4-6-24(16-19)34-13-11-33(12-14-34)23-9-7-21(30)8-10-23/h4-10,15-17,27,32H,11-14,18H2,1-3H3. The van der Waals surface area contributed by atoms with Gasteiger partial charge < -0.3 is 19.9 Å². The van der Waals surface area contributed by atoms with Gasteiger partial charge in [0.2, 0.25) is 0 Å².